The molecule has 164 valence electrons. The van der Waals surface area contributed by atoms with Crippen molar-refractivity contribution in [2.45, 2.75) is 25.4 Å². The van der Waals surface area contributed by atoms with Gasteiger partial charge in [-0.25, -0.2) is 15.0 Å². The van der Waals surface area contributed by atoms with Crippen LogP contribution in [0.4, 0.5) is 24.7 Å². The maximum atomic E-state index is 12.8. The highest BCUT2D eigenvalue weighted by molar-refractivity contribution is 5.77. The van der Waals surface area contributed by atoms with E-state index in [0.29, 0.717) is 17.0 Å². The van der Waals surface area contributed by atoms with Gasteiger partial charge in [0.05, 0.1) is 25.2 Å². The molecule has 0 aliphatic carbocycles. The summed E-state index contributed by atoms with van der Waals surface area (Å²) in [5.41, 5.74) is 1.25. The van der Waals surface area contributed by atoms with Gasteiger partial charge in [0.2, 0.25) is 0 Å². The Morgan fingerprint density at radius 2 is 1.77 bits per heavy atom. The highest BCUT2D eigenvalue weighted by atomic mass is 19.4. The van der Waals surface area contributed by atoms with Gasteiger partial charge in [-0.15, -0.1) is 5.10 Å². The predicted molar refractivity (Wildman–Crippen MR) is 108 cm³/mol. The number of methoxy groups -OCH3 is 1. The Bertz CT molecular complexity index is 1070. The Balaban J connectivity index is 1.24. The van der Waals surface area contributed by atoms with Crippen LogP contribution in [-0.2, 0) is 6.18 Å². The van der Waals surface area contributed by atoms with Gasteiger partial charge in [-0.3, -0.25) is 5.10 Å². The molecule has 3 aromatic heterocycles. The molecular formula is C20H22F3N7O. The average Bonchev–Trinajstić information content (AvgIpc) is 3.37. The average molecular weight is 433 g/mol. The van der Waals surface area contributed by atoms with Crippen LogP contribution in [0, 0.1) is 5.41 Å². The summed E-state index contributed by atoms with van der Waals surface area (Å²) in [7, 11) is 1.54. The molecule has 0 saturated carbocycles. The van der Waals surface area contributed by atoms with Gasteiger partial charge in [0, 0.05) is 26.2 Å². The van der Waals surface area contributed by atoms with E-state index in [2.05, 4.69) is 34.9 Å². The van der Waals surface area contributed by atoms with Gasteiger partial charge < -0.3 is 14.5 Å². The van der Waals surface area contributed by atoms with Crippen molar-refractivity contribution in [2.24, 2.45) is 5.41 Å². The monoisotopic (exact) mass is 433 g/mol. The number of anilines is 2. The number of piperidine rings is 1. The summed E-state index contributed by atoms with van der Waals surface area (Å²) in [5.74, 6) is 1.23. The van der Waals surface area contributed by atoms with E-state index in [9.17, 15) is 13.2 Å². The zero-order valence-corrected chi connectivity index (χ0v) is 17.0. The molecule has 0 atom stereocenters. The van der Waals surface area contributed by atoms with Gasteiger partial charge in [-0.2, -0.15) is 13.2 Å². The number of fused-ring (bicyclic) bond motifs is 1. The van der Waals surface area contributed by atoms with Gasteiger partial charge in [0.15, 0.2) is 11.2 Å². The van der Waals surface area contributed by atoms with Crippen LogP contribution in [0.1, 0.15) is 25.0 Å². The first kappa shape index (κ1) is 19.8. The molecule has 31 heavy (non-hydrogen) atoms. The largest absolute Gasteiger partial charge is 0.478 e. The van der Waals surface area contributed by atoms with Gasteiger partial charge in [-0.05, 0) is 36.8 Å². The Hall–Kier alpha value is -3.11. The Kier molecular flexibility index (Phi) is 4.63. The fraction of sp³-hybridized carbons (Fsp3) is 0.500. The molecule has 5 heterocycles. The zero-order chi connectivity index (χ0) is 21.6. The normalized spacial score (nSPS) is 18.8. The molecule has 0 unspecified atom stereocenters. The standard InChI is InChI=1S/C20H22F3N7O/c1-31-18-16-17(27-28-18)26-15(11-25-16)29-7-4-19(5-8-29)6-9-30(12-19)13-2-3-14(24-10-13)20(21,22)23/h2-3,10-11H,4-9,12H2,1H3,(H,26,27,28). The molecule has 2 saturated heterocycles. The first-order chi connectivity index (χ1) is 14.9. The number of pyridine rings is 1. The third-order valence-electron chi connectivity index (χ3n) is 6.41. The number of nitrogens with one attached hydrogen (secondary N) is 1. The Morgan fingerprint density at radius 1 is 1.03 bits per heavy atom. The summed E-state index contributed by atoms with van der Waals surface area (Å²) >= 11 is 0. The lowest BCUT2D eigenvalue weighted by atomic mass is 9.78. The maximum absolute atomic E-state index is 12.8. The van der Waals surface area contributed by atoms with Crippen LogP contribution in [0.25, 0.3) is 11.2 Å². The summed E-state index contributed by atoms with van der Waals surface area (Å²) in [5, 5.41) is 6.90. The van der Waals surface area contributed by atoms with Crippen molar-refractivity contribution in [2.75, 3.05) is 43.1 Å². The number of aromatic amines is 1. The van der Waals surface area contributed by atoms with Gasteiger partial charge in [-0.1, -0.05) is 0 Å². The molecule has 2 fully saturated rings. The number of rotatable bonds is 3. The van der Waals surface area contributed by atoms with Crippen molar-refractivity contribution >= 4 is 22.7 Å². The van der Waals surface area contributed by atoms with Crippen LogP contribution in [0.5, 0.6) is 5.88 Å². The third kappa shape index (κ3) is 3.61. The fourth-order valence-corrected chi connectivity index (χ4v) is 4.58. The van der Waals surface area contributed by atoms with Crippen LogP contribution in [-0.4, -0.2) is 58.4 Å². The van der Waals surface area contributed by atoms with Crippen LogP contribution >= 0.6 is 0 Å². The lowest BCUT2D eigenvalue weighted by molar-refractivity contribution is -0.141. The summed E-state index contributed by atoms with van der Waals surface area (Å²) in [6, 6.07) is 2.58. The molecule has 0 amide bonds. The smallest absolute Gasteiger partial charge is 0.433 e. The van der Waals surface area contributed by atoms with Crippen LogP contribution in [0.2, 0.25) is 0 Å². The van der Waals surface area contributed by atoms with Gasteiger partial charge in [0.25, 0.3) is 5.88 Å². The second kappa shape index (κ2) is 7.24. The van der Waals surface area contributed by atoms with Crippen LogP contribution in [0.3, 0.4) is 0 Å². The lowest BCUT2D eigenvalue weighted by Gasteiger charge is -2.39. The topological polar surface area (TPSA) is 83.1 Å². The molecule has 0 radical (unpaired) electrons. The highest BCUT2D eigenvalue weighted by Gasteiger charge is 2.41. The van der Waals surface area contributed by atoms with Crippen LogP contribution in [0.15, 0.2) is 24.5 Å². The van der Waals surface area contributed by atoms with E-state index >= 15 is 0 Å². The summed E-state index contributed by atoms with van der Waals surface area (Å²) in [4.78, 5) is 17.0. The van der Waals surface area contributed by atoms with E-state index in [1.165, 1.54) is 12.3 Å². The van der Waals surface area contributed by atoms with Crippen molar-refractivity contribution in [3.05, 3.63) is 30.2 Å². The van der Waals surface area contributed by atoms with E-state index in [-0.39, 0.29) is 5.41 Å². The molecule has 2 aliphatic rings. The zero-order valence-electron chi connectivity index (χ0n) is 17.0. The summed E-state index contributed by atoms with van der Waals surface area (Å²) in [6.45, 7) is 3.36. The number of alkyl halides is 3. The third-order valence-corrected chi connectivity index (χ3v) is 6.41. The number of halogens is 3. The molecule has 0 bridgehead atoms. The van der Waals surface area contributed by atoms with Crippen molar-refractivity contribution < 1.29 is 17.9 Å². The molecule has 3 aromatic rings. The van der Waals surface area contributed by atoms with Gasteiger partial charge in [0.1, 0.15) is 11.5 Å². The second-order valence-corrected chi connectivity index (χ2v) is 8.22. The highest BCUT2D eigenvalue weighted by Crippen LogP contribution is 2.42. The molecule has 5 rings (SSSR count). The van der Waals surface area contributed by atoms with Crippen molar-refractivity contribution in [1.29, 1.82) is 0 Å². The minimum absolute atomic E-state index is 0.161. The second-order valence-electron chi connectivity index (χ2n) is 8.22. The van der Waals surface area contributed by atoms with E-state index < -0.39 is 11.9 Å². The summed E-state index contributed by atoms with van der Waals surface area (Å²) in [6.07, 6.45) is 1.66. The molecule has 1 spiro atoms. The van der Waals surface area contributed by atoms with E-state index in [1.54, 1.807) is 13.3 Å². The molecule has 0 aromatic carbocycles. The number of hydrogen-bond acceptors (Lipinski definition) is 7. The molecule has 2 aliphatic heterocycles. The number of aromatic nitrogens is 5. The lowest BCUT2D eigenvalue weighted by Crippen LogP contribution is -2.42. The quantitative estimate of drug-likeness (QED) is 0.679. The Morgan fingerprint density at radius 3 is 2.42 bits per heavy atom. The van der Waals surface area contributed by atoms with E-state index in [1.807, 2.05) is 0 Å². The van der Waals surface area contributed by atoms with Crippen molar-refractivity contribution in [3.8, 4) is 5.88 Å². The maximum Gasteiger partial charge on any atom is 0.433 e. The van der Waals surface area contributed by atoms with Crippen LogP contribution < -0.4 is 14.5 Å². The number of H-pyrrole nitrogens is 1. The number of nitrogens with zero attached hydrogens (tertiary/aromatic N) is 6. The van der Waals surface area contributed by atoms with E-state index in [4.69, 9.17) is 4.74 Å². The van der Waals surface area contributed by atoms with Gasteiger partial charge >= 0.3 is 6.18 Å². The fourth-order valence-electron chi connectivity index (χ4n) is 4.58. The minimum Gasteiger partial charge on any atom is -0.478 e. The molecule has 8 nitrogen and oxygen atoms in total. The first-order valence-electron chi connectivity index (χ1n) is 10.2. The summed E-state index contributed by atoms with van der Waals surface area (Å²) < 4.78 is 43.5. The minimum atomic E-state index is -4.41. The predicted octanol–water partition coefficient (Wildman–Crippen LogP) is 3.27. The Labute approximate surface area is 176 Å². The van der Waals surface area contributed by atoms with Crippen molar-refractivity contribution in [1.82, 2.24) is 25.1 Å². The SMILES string of the molecule is COc1n[nH]c2nc(N3CCC4(CCN(c5ccc(C(F)(F)F)nc5)C4)CC3)cnc12. The van der Waals surface area contributed by atoms with E-state index in [0.717, 1.165) is 63.0 Å². The molecule has 11 heteroatoms. The number of ether oxygens (including phenoxy) is 1. The molecular weight excluding hydrogens is 411 g/mol. The number of hydrogen-bond donors (Lipinski definition) is 1. The molecule has 1 N–H and O–H groups in total. The van der Waals surface area contributed by atoms with Crippen molar-refractivity contribution in [3.63, 3.8) is 0 Å². The first-order valence-corrected chi connectivity index (χ1v) is 10.2.